The van der Waals surface area contributed by atoms with Crippen molar-refractivity contribution in [1.82, 2.24) is 19.7 Å². The number of rotatable bonds is 2. The lowest BCUT2D eigenvalue weighted by atomic mass is 10.3. The Hall–Kier alpha value is -2.82. The summed E-state index contributed by atoms with van der Waals surface area (Å²) in [6.45, 7) is 3.08. The third kappa shape index (κ3) is 1.67. The molecule has 2 rings (SSSR count). The van der Waals surface area contributed by atoms with Crippen molar-refractivity contribution in [1.29, 1.82) is 5.26 Å². The van der Waals surface area contributed by atoms with Gasteiger partial charge < -0.3 is 0 Å². The molecule has 0 bridgehead atoms. The van der Waals surface area contributed by atoms with Crippen LogP contribution >= 0.6 is 0 Å². The summed E-state index contributed by atoms with van der Waals surface area (Å²) in [7, 11) is 0. The summed E-state index contributed by atoms with van der Waals surface area (Å²) in [4.78, 5) is 18.2. The van der Waals surface area contributed by atoms with Gasteiger partial charge in [-0.2, -0.15) is 10.4 Å². The third-order valence-corrected chi connectivity index (χ3v) is 2.42. The van der Waals surface area contributed by atoms with E-state index in [1.54, 1.807) is 6.92 Å². The van der Waals surface area contributed by atoms with E-state index in [2.05, 4.69) is 15.1 Å². The van der Waals surface area contributed by atoms with Gasteiger partial charge in [-0.15, -0.1) is 0 Å². The van der Waals surface area contributed by atoms with Gasteiger partial charge in [-0.1, -0.05) is 0 Å². The lowest BCUT2D eigenvalue weighted by Gasteiger charge is -2.02. The maximum Gasteiger partial charge on any atom is 0.313 e. The summed E-state index contributed by atoms with van der Waals surface area (Å²) >= 11 is 0. The number of aromatic nitrogens is 4. The molecule has 0 fully saturated rings. The highest BCUT2D eigenvalue weighted by atomic mass is 16.6. The number of nitriles is 1. The maximum atomic E-state index is 10.9. The number of nitro groups is 1. The largest absolute Gasteiger partial charge is 0.313 e. The van der Waals surface area contributed by atoms with Gasteiger partial charge in [-0.3, -0.25) is 10.1 Å². The zero-order valence-electron chi connectivity index (χ0n) is 9.65. The fraction of sp³-hybridized carbons (Fsp3) is 0.200. The highest BCUT2D eigenvalue weighted by molar-refractivity contribution is 5.46. The molecule has 0 aromatic carbocycles. The Bertz CT molecular complexity index is 669. The second-order valence-corrected chi connectivity index (χ2v) is 3.53. The molecular formula is C10H8N6O2. The Morgan fingerprint density at radius 1 is 1.39 bits per heavy atom. The van der Waals surface area contributed by atoms with Gasteiger partial charge in [0.1, 0.15) is 17.5 Å². The Morgan fingerprint density at radius 3 is 2.61 bits per heavy atom. The topological polar surface area (TPSA) is 111 Å². The van der Waals surface area contributed by atoms with Gasteiger partial charge in [0, 0.05) is 12.4 Å². The van der Waals surface area contributed by atoms with Crippen LogP contribution in [0.15, 0.2) is 12.4 Å². The van der Waals surface area contributed by atoms with Crippen molar-refractivity contribution < 1.29 is 4.92 Å². The first-order valence-corrected chi connectivity index (χ1v) is 4.98. The van der Waals surface area contributed by atoms with Crippen molar-refractivity contribution in [2.24, 2.45) is 0 Å². The van der Waals surface area contributed by atoms with Crippen LogP contribution in [0, 0.1) is 35.3 Å². The molecule has 18 heavy (non-hydrogen) atoms. The quantitative estimate of drug-likeness (QED) is 0.576. The lowest BCUT2D eigenvalue weighted by molar-refractivity contribution is -0.386. The second kappa shape index (κ2) is 4.21. The fourth-order valence-electron chi connectivity index (χ4n) is 1.67. The molecule has 8 nitrogen and oxygen atoms in total. The molecule has 2 aromatic rings. The SMILES string of the molecule is Cc1nn(-c2nccnc2C#N)c(C)c1[N+](=O)[O-]. The minimum Gasteiger partial charge on any atom is -0.258 e. The fourth-order valence-corrected chi connectivity index (χ4v) is 1.67. The molecule has 0 atom stereocenters. The van der Waals surface area contributed by atoms with Crippen molar-refractivity contribution in [3.8, 4) is 11.9 Å². The monoisotopic (exact) mass is 244 g/mol. The van der Waals surface area contributed by atoms with E-state index < -0.39 is 4.92 Å². The predicted octanol–water partition coefficient (Wildman–Crippen LogP) is 1.06. The average molecular weight is 244 g/mol. The van der Waals surface area contributed by atoms with Crippen LogP contribution in [-0.2, 0) is 0 Å². The molecular weight excluding hydrogens is 236 g/mol. The van der Waals surface area contributed by atoms with E-state index in [4.69, 9.17) is 5.26 Å². The first-order valence-electron chi connectivity index (χ1n) is 4.98. The zero-order chi connectivity index (χ0) is 13.3. The van der Waals surface area contributed by atoms with E-state index >= 15 is 0 Å². The van der Waals surface area contributed by atoms with Crippen LogP contribution in [0.5, 0.6) is 0 Å². The van der Waals surface area contributed by atoms with E-state index in [9.17, 15) is 10.1 Å². The summed E-state index contributed by atoms with van der Waals surface area (Å²) in [5.74, 6) is 0.189. The normalized spacial score (nSPS) is 10.1. The molecule has 0 N–H and O–H groups in total. The first-order chi connectivity index (χ1) is 8.56. The standard InChI is InChI=1S/C10H8N6O2/c1-6-9(16(17)18)7(2)15(14-6)10-8(5-11)12-3-4-13-10/h3-4H,1-2H3. The van der Waals surface area contributed by atoms with Crippen LogP contribution in [0.2, 0.25) is 0 Å². The van der Waals surface area contributed by atoms with Gasteiger partial charge in [-0.25, -0.2) is 14.6 Å². The summed E-state index contributed by atoms with van der Waals surface area (Å²) in [6, 6.07) is 1.87. The Balaban J connectivity index is 2.70. The molecule has 2 heterocycles. The van der Waals surface area contributed by atoms with Gasteiger partial charge in [0.2, 0.25) is 0 Å². The molecule has 0 aliphatic rings. The van der Waals surface area contributed by atoms with Gasteiger partial charge in [0.15, 0.2) is 11.5 Å². The van der Waals surface area contributed by atoms with Crippen molar-refractivity contribution in [2.45, 2.75) is 13.8 Å². The molecule has 0 spiro atoms. The summed E-state index contributed by atoms with van der Waals surface area (Å²) in [5, 5.41) is 23.9. The maximum absolute atomic E-state index is 10.9. The second-order valence-electron chi connectivity index (χ2n) is 3.53. The van der Waals surface area contributed by atoms with Crippen LogP contribution in [0.3, 0.4) is 0 Å². The summed E-state index contributed by atoms with van der Waals surface area (Å²) in [5.41, 5.74) is 0.573. The number of aryl methyl sites for hydroxylation is 1. The van der Waals surface area contributed by atoms with E-state index in [1.807, 2.05) is 6.07 Å². The van der Waals surface area contributed by atoms with Crippen molar-refractivity contribution >= 4 is 5.69 Å². The zero-order valence-corrected chi connectivity index (χ0v) is 9.65. The Kier molecular flexibility index (Phi) is 2.73. The first kappa shape index (κ1) is 11.7. The number of hydrogen-bond acceptors (Lipinski definition) is 6. The van der Waals surface area contributed by atoms with Crippen LogP contribution in [0.25, 0.3) is 5.82 Å². The smallest absolute Gasteiger partial charge is 0.258 e. The minimum absolute atomic E-state index is 0.0676. The van der Waals surface area contributed by atoms with Crippen LogP contribution in [0.4, 0.5) is 5.69 Å². The van der Waals surface area contributed by atoms with E-state index in [1.165, 1.54) is 24.0 Å². The summed E-state index contributed by atoms with van der Waals surface area (Å²) in [6.07, 6.45) is 2.78. The van der Waals surface area contributed by atoms with Crippen LogP contribution < -0.4 is 0 Å². The molecule has 2 aromatic heterocycles. The summed E-state index contributed by atoms with van der Waals surface area (Å²) < 4.78 is 1.26. The van der Waals surface area contributed by atoms with Gasteiger partial charge in [0.25, 0.3) is 0 Å². The molecule has 0 unspecified atom stereocenters. The highest BCUT2D eigenvalue weighted by Crippen LogP contribution is 2.24. The Labute approximate surface area is 102 Å². The number of nitrogens with zero attached hydrogens (tertiary/aromatic N) is 6. The minimum atomic E-state index is -0.503. The molecule has 8 heteroatoms. The van der Waals surface area contributed by atoms with Gasteiger partial charge in [-0.05, 0) is 13.8 Å². The molecule has 0 aliphatic carbocycles. The third-order valence-electron chi connectivity index (χ3n) is 2.42. The molecule has 90 valence electrons. The average Bonchev–Trinajstić information content (AvgIpc) is 2.64. The van der Waals surface area contributed by atoms with Gasteiger partial charge >= 0.3 is 5.69 Å². The van der Waals surface area contributed by atoms with E-state index in [0.717, 1.165) is 0 Å². The van der Waals surface area contributed by atoms with Crippen LogP contribution in [0.1, 0.15) is 17.1 Å². The molecule has 0 amide bonds. The lowest BCUT2D eigenvalue weighted by Crippen LogP contribution is -2.06. The van der Waals surface area contributed by atoms with Gasteiger partial charge in [0.05, 0.1) is 4.92 Å². The predicted molar refractivity (Wildman–Crippen MR) is 60.0 cm³/mol. The van der Waals surface area contributed by atoms with Crippen molar-refractivity contribution in [2.75, 3.05) is 0 Å². The Morgan fingerprint density at radius 2 is 2.06 bits per heavy atom. The van der Waals surface area contributed by atoms with E-state index in [-0.39, 0.29) is 22.9 Å². The van der Waals surface area contributed by atoms with Crippen molar-refractivity contribution in [3.63, 3.8) is 0 Å². The highest BCUT2D eigenvalue weighted by Gasteiger charge is 2.24. The van der Waals surface area contributed by atoms with E-state index in [0.29, 0.717) is 5.69 Å². The molecule has 0 aliphatic heterocycles. The number of hydrogen-bond donors (Lipinski definition) is 0. The molecule has 0 saturated carbocycles. The molecule has 0 radical (unpaired) electrons. The van der Waals surface area contributed by atoms with Crippen LogP contribution in [-0.4, -0.2) is 24.7 Å². The molecule has 0 saturated heterocycles. The van der Waals surface area contributed by atoms with Crippen molar-refractivity contribution in [3.05, 3.63) is 39.6 Å².